The maximum absolute atomic E-state index is 8.76. The van der Waals surface area contributed by atoms with Gasteiger partial charge in [0.05, 0.1) is 6.61 Å². The molecule has 3 N–H and O–H groups in total. The summed E-state index contributed by atoms with van der Waals surface area (Å²) in [4.78, 5) is 4.09. The van der Waals surface area contributed by atoms with E-state index in [2.05, 4.69) is 10.1 Å². The number of rotatable bonds is 6. The summed E-state index contributed by atoms with van der Waals surface area (Å²) >= 11 is 0. The zero-order valence-corrected chi connectivity index (χ0v) is 11.7. The molecule has 0 amide bonds. The van der Waals surface area contributed by atoms with Crippen molar-refractivity contribution in [1.82, 2.24) is 4.98 Å². The zero-order chi connectivity index (χ0) is 15.1. The first kappa shape index (κ1) is 14.8. The molecule has 0 aliphatic heterocycles. The van der Waals surface area contributed by atoms with Crippen molar-refractivity contribution >= 4 is 5.84 Å². The van der Waals surface area contributed by atoms with E-state index in [4.69, 9.17) is 20.4 Å². The minimum absolute atomic E-state index is 0.0395. The third kappa shape index (κ3) is 3.93. The van der Waals surface area contributed by atoms with Crippen LogP contribution in [-0.2, 0) is 18.0 Å². The number of amidine groups is 1. The Hall–Kier alpha value is -2.60. The zero-order valence-electron chi connectivity index (χ0n) is 11.7. The van der Waals surface area contributed by atoms with Crippen LogP contribution in [0, 0.1) is 0 Å². The van der Waals surface area contributed by atoms with E-state index in [1.54, 1.807) is 19.4 Å². The molecule has 0 aliphatic rings. The number of hydrogen-bond donors (Lipinski definition) is 2. The van der Waals surface area contributed by atoms with Crippen molar-refractivity contribution in [3.63, 3.8) is 0 Å². The quantitative estimate of drug-likeness (QED) is 0.366. The second-order valence-corrected chi connectivity index (χ2v) is 4.37. The van der Waals surface area contributed by atoms with E-state index in [1.165, 1.54) is 0 Å². The van der Waals surface area contributed by atoms with Crippen molar-refractivity contribution in [3.05, 3.63) is 59.4 Å². The Bertz CT molecular complexity index is 629. The van der Waals surface area contributed by atoms with Gasteiger partial charge in [-0.2, -0.15) is 0 Å². The number of aromatic nitrogens is 1. The lowest BCUT2D eigenvalue weighted by atomic mass is 10.2. The fourth-order valence-corrected chi connectivity index (χ4v) is 1.89. The molecular weight excluding hydrogens is 270 g/mol. The molecule has 6 heteroatoms. The Kier molecular flexibility index (Phi) is 5.11. The van der Waals surface area contributed by atoms with E-state index in [9.17, 15) is 0 Å². The fourth-order valence-electron chi connectivity index (χ4n) is 1.89. The third-order valence-electron chi connectivity index (χ3n) is 2.85. The van der Waals surface area contributed by atoms with Gasteiger partial charge in [0.25, 0.3) is 0 Å². The molecule has 1 aromatic carbocycles. The van der Waals surface area contributed by atoms with Gasteiger partial charge in [-0.1, -0.05) is 23.4 Å². The minimum Gasteiger partial charge on any atom is -0.489 e. The van der Waals surface area contributed by atoms with Crippen molar-refractivity contribution in [2.75, 3.05) is 7.11 Å². The Morgan fingerprint density at radius 3 is 2.90 bits per heavy atom. The average Bonchev–Trinajstić information content (AvgIpc) is 2.53. The highest BCUT2D eigenvalue weighted by Gasteiger charge is 2.09. The predicted octanol–water partition coefficient (Wildman–Crippen LogP) is 1.90. The van der Waals surface area contributed by atoms with Crippen molar-refractivity contribution in [2.24, 2.45) is 10.9 Å². The molecule has 1 heterocycles. The lowest BCUT2D eigenvalue weighted by molar-refractivity contribution is 0.184. The topological polar surface area (TPSA) is 90.0 Å². The van der Waals surface area contributed by atoms with Crippen LogP contribution in [0.5, 0.6) is 5.75 Å². The lowest BCUT2D eigenvalue weighted by Gasteiger charge is -2.10. The van der Waals surface area contributed by atoms with E-state index < -0.39 is 0 Å². The highest BCUT2D eigenvalue weighted by atomic mass is 16.5. The Morgan fingerprint density at radius 1 is 1.29 bits per heavy atom. The molecule has 6 nitrogen and oxygen atoms in total. The van der Waals surface area contributed by atoms with Crippen LogP contribution in [0.1, 0.15) is 16.8 Å². The average molecular weight is 287 g/mol. The molecule has 0 bridgehead atoms. The molecule has 2 rings (SSSR count). The fraction of sp³-hybridized carbons (Fsp3) is 0.200. The molecular formula is C15H17N3O3. The number of methoxy groups -OCH3 is 1. The molecule has 0 spiro atoms. The number of nitrogens with two attached hydrogens (primary N) is 1. The van der Waals surface area contributed by atoms with Crippen molar-refractivity contribution in [3.8, 4) is 5.75 Å². The highest BCUT2D eigenvalue weighted by Crippen LogP contribution is 2.16. The van der Waals surface area contributed by atoms with E-state index in [-0.39, 0.29) is 12.4 Å². The monoisotopic (exact) mass is 287 g/mol. The first-order valence-electron chi connectivity index (χ1n) is 6.37. The highest BCUT2D eigenvalue weighted by molar-refractivity contribution is 5.96. The van der Waals surface area contributed by atoms with Crippen molar-refractivity contribution < 1.29 is 14.7 Å². The first-order chi connectivity index (χ1) is 10.2. The van der Waals surface area contributed by atoms with Crippen molar-refractivity contribution in [1.29, 1.82) is 0 Å². The van der Waals surface area contributed by atoms with Crippen LogP contribution in [0.15, 0.2) is 47.8 Å². The normalized spacial score (nSPS) is 11.4. The molecule has 2 aromatic rings. The summed E-state index contributed by atoms with van der Waals surface area (Å²) in [5, 5.41) is 11.7. The van der Waals surface area contributed by atoms with Crippen LogP contribution < -0.4 is 10.5 Å². The van der Waals surface area contributed by atoms with Crippen LogP contribution in [-0.4, -0.2) is 23.1 Å². The second kappa shape index (κ2) is 7.25. The standard InChI is InChI=1S/C15H17N3O3/c1-20-9-11-4-2-6-13(8-11)21-10-12-5-3-7-17-14(12)15(16)18-19/h2-8,19H,9-10H2,1H3,(H2,16,18). The maximum Gasteiger partial charge on any atom is 0.189 e. The van der Waals surface area contributed by atoms with Gasteiger partial charge in [-0.25, -0.2) is 0 Å². The predicted molar refractivity (Wildman–Crippen MR) is 78.2 cm³/mol. The molecule has 0 aliphatic carbocycles. The minimum atomic E-state index is -0.0395. The summed E-state index contributed by atoms with van der Waals surface area (Å²) in [6, 6.07) is 11.2. The van der Waals surface area contributed by atoms with Gasteiger partial charge in [0.15, 0.2) is 5.84 Å². The number of ether oxygens (including phenoxy) is 2. The van der Waals surface area contributed by atoms with Crippen LogP contribution in [0.2, 0.25) is 0 Å². The number of oxime groups is 1. The van der Waals surface area contributed by atoms with E-state index in [1.807, 2.05) is 30.3 Å². The summed E-state index contributed by atoms with van der Waals surface area (Å²) in [7, 11) is 1.65. The van der Waals surface area contributed by atoms with Gasteiger partial charge in [-0.15, -0.1) is 0 Å². The van der Waals surface area contributed by atoms with Gasteiger partial charge in [0.1, 0.15) is 18.1 Å². The molecule has 0 unspecified atom stereocenters. The van der Waals surface area contributed by atoms with Crippen molar-refractivity contribution in [2.45, 2.75) is 13.2 Å². The van der Waals surface area contributed by atoms with Crippen LogP contribution in [0.3, 0.4) is 0 Å². The largest absolute Gasteiger partial charge is 0.489 e. The number of hydrogen-bond acceptors (Lipinski definition) is 5. The van der Waals surface area contributed by atoms with Gasteiger partial charge in [-0.3, -0.25) is 4.98 Å². The molecule has 0 saturated heterocycles. The molecule has 21 heavy (non-hydrogen) atoms. The summed E-state index contributed by atoms with van der Waals surface area (Å²) in [5.41, 5.74) is 7.77. The van der Waals surface area contributed by atoms with E-state index in [0.717, 1.165) is 16.9 Å². The Morgan fingerprint density at radius 2 is 2.14 bits per heavy atom. The number of nitrogens with zero attached hydrogens (tertiary/aromatic N) is 2. The SMILES string of the molecule is COCc1cccc(OCc2cccnc2C(N)=NO)c1. The van der Waals surface area contributed by atoms with Gasteiger partial charge < -0.3 is 20.4 Å². The number of benzene rings is 1. The molecule has 0 atom stereocenters. The molecule has 110 valence electrons. The number of pyridine rings is 1. The Labute approximate surface area is 122 Å². The lowest BCUT2D eigenvalue weighted by Crippen LogP contribution is -2.18. The summed E-state index contributed by atoms with van der Waals surface area (Å²) in [6.07, 6.45) is 1.58. The Balaban J connectivity index is 2.11. The van der Waals surface area contributed by atoms with Crippen LogP contribution in [0.4, 0.5) is 0 Å². The van der Waals surface area contributed by atoms with E-state index >= 15 is 0 Å². The van der Waals surface area contributed by atoms with Gasteiger partial charge >= 0.3 is 0 Å². The van der Waals surface area contributed by atoms with E-state index in [0.29, 0.717) is 12.3 Å². The molecule has 0 fully saturated rings. The van der Waals surface area contributed by atoms with Crippen LogP contribution in [0.25, 0.3) is 0 Å². The summed E-state index contributed by atoms with van der Waals surface area (Å²) in [5.74, 6) is 0.682. The second-order valence-electron chi connectivity index (χ2n) is 4.37. The maximum atomic E-state index is 8.76. The van der Waals surface area contributed by atoms with Gasteiger partial charge in [0, 0.05) is 18.9 Å². The van der Waals surface area contributed by atoms with Crippen LogP contribution >= 0.6 is 0 Å². The first-order valence-corrected chi connectivity index (χ1v) is 6.37. The molecule has 0 radical (unpaired) electrons. The summed E-state index contributed by atoms with van der Waals surface area (Å²) in [6.45, 7) is 0.801. The smallest absolute Gasteiger partial charge is 0.189 e. The van der Waals surface area contributed by atoms with Gasteiger partial charge in [-0.05, 0) is 23.8 Å². The molecule has 1 aromatic heterocycles. The summed E-state index contributed by atoms with van der Waals surface area (Å²) < 4.78 is 10.8. The van der Waals surface area contributed by atoms with Gasteiger partial charge in [0.2, 0.25) is 0 Å². The third-order valence-corrected chi connectivity index (χ3v) is 2.85. The molecule has 0 saturated carbocycles.